The van der Waals surface area contributed by atoms with Gasteiger partial charge in [0.15, 0.2) is 0 Å². The van der Waals surface area contributed by atoms with Crippen LogP contribution < -0.4 is 10.5 Å². The number of benzene rings is 2. The lowest BCUT2D eigenvalue weighted by atomic mass is 10.00. The first-order valence-corrected chi connectivity index (χ1v) is 10.5. The van der Waals surface area contributed by atoms with Gasteiger partial charge in [-0.3, -0.25) is 4.79 Å². The highest BCUT2D eigenvalue weighted by atomic mass is 32.1. The van der Waals surface area contributed by atoms with Crippen molar-refractivity contribution >= 4 is 33.0 Å². The number of aryl methyl sites for hydroxylation is 2. The number of nitrogen functional groups attached to an aromatic ring is 1. The lowest BCUT2D eigenvalue weighted by Crippen LogP contribution is -2.08. The molecule has 0 atom stereocenters. The molecule has 0 aliphatic rings. The Morgan fingerprint density at radius 3 is 2.34 bits per heavy atom. The summed E-state index contributed by atoms with van der Waals surface area (Å²) in [6.07, 6.45) is -4.67. The third-order valence-corrected chi connectivity index (χ3v) is 6.32. The summed E-state index contributed by atoms with van der Waals surface area (Å²) in [7, 11) is 1.50. The molecule has 0 unspecified atom stereocenters. The summed E-state index contributed by atoms with van der Waals surface area (Å²) in [6.45, 7) is 3.68. The topological polar surface area (TPSA) is 65.2 Å². The normalized spacial score (nSPS) is 11.7. The van der Waals surface area contributed by atoms with Gasteiger partial charge in [0.25, 0.3) is 0 Å². The predicted molar refractivity (Wildman–Crippen MR) is 120 cm³/mol. The molecule has 2 heterocycles. The maximum Gasteiger partial charge on any atom is 0.417 e. The van der Waals surface area contributed by atoms with Crippen LogP contribution in [-0.4, -0.2) is 17.9 Å². The summed E-state index contributed by atoms with van der Waals surface area (Å²) >= 11 is 0.876. The third-order valence-electron chi connectivity index (χ3n) is 5.22. The molecule has 0 spiro atoms. The molecule has 4 nitrogen and oxygen atoms in total. The van der Waals surface area contributed by atoms with Crippen molar-refractivity contribution in [1.29, 1.82) is 0 Å². The van der Waals surface area contributed by atoms with Gasteiger partial charge in [-0.05, 0) is 49.7 Å². The zero-order valence-corrected chi connectivity index (χ0v) is 18.3. The molecular formula is C24H19F3N2O2S. The van der Waals surface area contributed by atoms with Crippen molar-refractivity contribution in [3.63, 3.8) is 0 Å². The molecule has 0 bridgehead atoms. The Hall–Kier alpha value is -3.39. The van der Waals surface area contributed by atoms with Crippen molar-refractivity contribution in [2.75, 3.05) is 12.8 Å². The molecule has 8 heteroatoms. The Morgan fingerprint density at radius 2 is 1.75 bits per heavy atom. The van der Waals surface area contributed by atoms with Gasteiger partial charge in [0.1, 0.15) is 15.5 Å². The summed E-state index contributed by atoms with van der Waals surface area (Å²) in [5.74, 6) is 0.162. The number of carbonyl (C=O) groups excluding carboxylic acids is 1. The van der Waals surface area contributed by atoms with Gasteiger partial charge < -0.3 is 10.5 Å². The van der Waals surface area contributed by atoms with Crippen LogP contribution in [0.15, 0.2) is 48.5 Å². The van der Waals surface area contributed by atoms with Crippen LogP contribution in [0.4, 0.5) is 18.9 Å². The van der Waals surface area contributed by atoms with E-state index in [1.807, 2.05) is 13.0 Å². The number of methoxy groups -OCH3 is 1. The smallest absolute Gasteiger partial charge is 0.417 e. The second kappa shape index (κ2) is 7.94. The van der Waals surface area contributed by atoms with Crippen LogP contribution in [0.1, 0.15) is 31.9 Å². The molecule has 164 valence electrons. The molecule has 0 amide bonds. The molecule has 0 saturated carbocycles. The number of pyridine rings is 1. The van der Waals surface area contributed by atoms with E-state index >= 15 is 0 Å². The number of fused-ring (bicyclic) bond motifs is 1. The molecule has 0 radical (unpaired) electrons. The lowest BCUT2D eigenvalue weighted by molar-refractivity contribution is -0.136. The Balaban J connectivity index is 1.92. The van der Waals surface area contributed by atoms with Crippen molar-refractivity contribution in [3.05, 3.63) is 75.7 Å². The highest BCUT2D eigenvalue weighted by molar-refractivity contribution is 7.21. The molecule has 0 fully saturated rings. The standard InChI is InChI=1S/C24H19F3N2O2S/c1-12-4-9-16(13(2)10-12)21(30)22-20(28)19-17(24(25,26)27)11-18(29-23(19)32-22)14-5-7-15(31-3)8-6-14/h4-11H,28H2,1-3H3. The van der Waals surface area contributed by atoms with Gasteiger partial charge in [-0.2, -0.15) is 13.2 Å². The zero-order valence-electron chi connectivity index (χ0n) is 17.5. The maximum atomic E-state index is 14.0. The lowest BCUT2D eigenvalue weighted by Gasteiger charge is -2.11. The summed E-state index contributed by atoms with van der Waals surface area (Å²) in [6, 6.07) is 12.8. The van der Waals surface area contributed by atoms with E-state index in [0.717, 1.165) is 28.5 Å². The number of hydrogen-bond donors (Lipinski definition) is 1. The van der Waals surface area contributed by atoms with Crippen molar-refractivity contribution in [3.8, 4) is 17.0 Å². The minimum absolute atomic E-state index is 0.0526. The molecule has 2 aromatic carbocycles. The number of hydrogen-bond acceptors (Lipinski definition) is 5. The SMILES string of the molecule is COc1ccc(-c2cc(C(F)(F)F)c3c(N)c(C(=O)c4ccc(C)cc4C)sc3n2)cc1. The number of nitrogens with two attached hydrogens (primary N) is 1. The first kappa shape index (κ1) is 21.8. The van der Waals surface area contributed by atoms with Crippen LogP contribution in [-0.2, 0) is 6.18 Å². The number of carbonyl (C=O) groups is 1. The number of aromatic nitrogens is 1. The fraction of sp³-hybridized carbons (Fsp3) is 0.167. The van der Waals surface area contributed by atoms with Crippen LogP contribution in [0.25, 0.3) is 21.5 Å². The molecule has 0 aliphatic carbocycles. The highest BCUT2D eigenvalue weighted by Crippen LogP contribution is 2.44. The number of halogens is 3. The van der Waals surface area contributed by atoms with Crippen LogP contribution in [0.5, 0.6) is 5.75 Å². The Kier molecular flexibility index (Phi) is 5.42. The van der Waals surface area contributed by atoms with E-state index < -0.39 is 17.5 Å². The number of nitrogens with zero attached hydrogens (tertiary/aromatic N) is 1. The fourth-order valence-electron chi connectivity index (χ4n) is 3.61. The van der Waals surface area contributed by atoms with Crippen LogP contribution in [0.2, 0.25) is 0 Å². The van der Waals surface area contributed by atoms with Gasteiger partial charge in [0.2, 0.25) is 5.78 Å². The average Bonchev–Trinajstić information content (AvgIpc) is 3.08. The quantitative estimate of drug-likeness (QED) is 0.360. The van der Waals surface area contributed by atoms with Crippen LogP contribution >= 0.6 is 11.3 Å². The summed E-state index contributed by atoms with van der Waals surface area (Å²) < 4.78 is 47.0. The first-order chi connectivity index (χ1) is 15.1. The average molecular weight is 456 g/mol. The Morgan fingerprint density at radius 1 is 1.06 bits per heavy atom. The van der Waals surface area contributed by atoms with Gasteiger partial charge in [-0.25, -0.2) is 4.98 Å². The molecule has 2 aromatic heterocycles. The summed E-state index contributed by atoms with van der Waals surface area (Å²) in [5.41, 5.74) is 7.74. The molecule has 4 aromatic rings. The van der Waals surface area contributed by atoms with Crippen molar-refractivity contribution < 1.29 is 22.7 Å². The van der Waals surface area contributed by atoms with E-state index in [0.29, 0.717) is 16.9 Å². The Bertz CT molecular complexity index is 1340. The van der Waals surface area contributed by atoms with Crippen LogP contribution in [0.3, 0.4) is 0 Å². The van der Waals surface area contributed by atoms with Gasteiger partial charge in [-0.1, -0.05) is 23.8 Å². The second-order valence-electron chi connectivity index (χ2n) is 7.45. The minimum Gasteiger partial charge on any atom is -0.497 e. The predicted octanol–water partition coefficient (Wildman–Crippen LogP) is 6.42. The Labute approximate surface area is 186 Å². The third kappa shape index (κ3) is 3.82. The van der Waals surface area contributed by atoms with E-state index in [9.17, 15) is 18.0 Å². The molecule has 32 heavy (non-hydrogen) atoms. The minimum atomic E-state index is -4.67. The van der Waals surface area contributed by atoms with Crippen molar-refractivity contribution in [2.45, 2.75) is 20.0 Å². The van der Waals surface area contributed by atoms with E-state index in [1.54, 1.807) is 43.3 Å². The highest BCUT2D eigenvalue weighted by Gasteiger charge is 2.36. The number of thiophene rings is 1. The zero-order chi connectivity index (χ0) is 23.2. The second-order valence-corrected chi connectivity index (χ2v) is 8.45. The van der Waals surface area contributed by atoms with Crippen molar-refractivity contribution in [1.82, 2.24) is 4.98 Å². The van der Waals surface area contributed by atoms with E-state index in [4.69, 9.17) is 10.5 Å². The monoisotopic (exact) mass is 456 g/mol. The van der Waals surface area contributed by atoms with E-state index in [1.165, 1.54) is 7.11 Å². The number of rotatable bonds is 4. The molecule has 2 N–H and O–H groups in total. The maximum absolute atomic E-state index is 14.0. The number of ketones is 1. The van der Waals surface area contributed by atoms with Gasteiger partial charge >= 0.3 is 6.18 Å². The van der Waals surface area contributed by atoms with Crippen molar-refractivity contribution in [2.24, 2.45) is 0 Å². The van der Waals surface area contributed by atoms with E-state index in [2.05, 4.69) is 4.98 Å². The summed E-state index contributed by atoms with van der Waals surface area (Å²) in [5, 5.41) is -0.243. The molecule has 0 saturated heterocycles. The number of ether oxygens (including phenoxy) is 1. The number of anilines is 1. The van der Waals surface area contributed by atoms with Gasteiger partial charge in [-0.15, -0.1) is 11.3 Å². The molecule has 4 rings (SSSR count). The molecular weight excluding hydrogens is 437 g/mol. The fourth-order valence-corrected chi connectivity index (χ4v) is 4.69. The van der Waals surface area contributed by atoms with Crippen LogP contribution in [0, 0.1) is 13.8 Å². The first-order valence-electron chi connectivity index (χ1n) is 9.66. The van der Waals surface area contributed by atoms with Gasteiger partial charge in [0, 0.05) is 16.5 Å². The molecule has 0 aliphatic heterocycles. The summed E-state index contributed by atoms with van der Waals surface area (Å²) in [4.78, 5) is 17.7. The largest absolute Gasteiger partial charge is 0.497 e. The number of alkyl halides is 3. The van der Waals surface area contributed by atoms with E-state index in [-0.39, 0.29) is 26.5 Å². The van der Waals surface area contributed by atoms with Gasteiger partial charge in [0.05, 0.1) is 24.1 Å².